The smallest absolute Gasteiger partial charge is 0.173 e. The first kappa shape index (κ1) is 15.5. The first-order chi connectivity index (χ1) is 10.8. The first-order valence-corrected chi connectivity index (χ1v) is 9.09. The molecule has 7 atom stereocenters. The fraction of sp³-hybridized carbons (Fsp3) is 0.842. The van der Waals surface area contributed by atoms with Crippen molar-refractivity contribution in [3.63, 3.8) is 0 Å². The van der Waals surface area contributed by atoms with Crippen LogP contribution < -0.4 is 0 Å². The maximum atomic E-state index is 14.2. The molecule has 0 aromatic carbocycles. The van der Waals surface area contributed by atoms with Crippen molar-refractivity contribution >= 4 is 17.2 Å². The second-order valence-corrected chi connectivity index (χ2v) is 9.00. The molecule has 126 valence electrons. The molecular formula is C19H27FN2O. The minimum absolute atomic E-state index is 0.0727. The van der Waals surface area contributed by atoms with Crippen LogP contribution in [0.25, 0.3) is 0 Å². The van der Waals surface area contributed by atoms with Crippen molar-refractivity contribution in [2.45, 2.75) is 65.0 Å². The van der Waals surface area contributed by atoms with Gasteiger partial charge in [0, 0.05) is 22.8 Å². The molecule has 0 aromatic heterocycles. The van der Waals surface area contributed by atoms with Crippen LogP contribution in [0.2, 0.25) is 0 Å². The van der Waals surface area contributed by atoms with E-state index >= 15 is 0 Å². The summed E-state index contributed by atoms with van der Waals surface area (Å²) in [6.07, 6.45) is 4.17. The third kappa shape index (κ3) is 1.90. The van der Waals surface area contributed by atoms with E-state index < -0.39 is 11.6 Å². The Kier molecular flexibility index (Phi) is 3.18. The van der Waals surface area contributed by atoms with Crippen LogP contribution >= 0.6 is 0 Å². The summed E-state index contributed by atoms with van der Waals surface area (Å²) in [5.74, 6) is 0.923. The van der Waals surface area contributed by atoms with Gasteiger partial charge < -0.3 is 10.8 Å². The first-order valence-electron chi connectivity index (χ1n) is 9.09. The highest BCUT2D eigenvalue weighted by Gasteiger charge is 2.63. The summed E-state index contributed by atoms with van der Waals surface area (Å²) in [4.78, 5) is 12.4. The van der Waals surface area contributed by atoms with Crippen LogP contribution in [0, 0.1) is 45.3 Å². The van der Waals surface area contributed by atoms with Gasteiger partial charge in [0.1, 0.15) is 0 Å². The standard InChI is InChI=1S/C19H27FN2O/c1-18-5-3-10(21)7-14(18)16(22)8-11-12(18)4-6-19(2)13(11)9-15(20)17(19)23/h11-15,21-22H,3-9H2,1-2H3/t11?,12?,13?,14?,15?,18-,19+/m1/s1. The van der Waals surface area contributed by atoms with Gasteiger partial charge in [-0.2, -0.15) is 0 Å². The predicted octanol–water partition coefficient (Wildman–Crippen LogP) is 4.20. The number of rotatable bonds is 0. The van der Waals surface area contributed by atoms with E-state index in [1.807, 2.05) is 6.92 Å². The Morgan fingerprint density at radius 1 is 1.13 bits per heavy atom. The van der Waals surface area contributed by atoms with Gasteiger partial charge in [0.05, 0.1) is 0 Å². The molecule has 0 heterocycles. The van der Waals surface area contributed by atoms with Gasteiger partial charge in [-0.3, -0.25) is 4.79 Å². The minimum Gasteiger partial charge on any atom is -0.310 e. The molecule has 5 unspecified atom stereocenters. The van der Waals surface area contributed by atoms with Crippen LogP contribution in [0.15, 0.2) is 0 Å². The molecule has 0 amide bonds. The molecule has 4 aliphatic rings. The number of Topliss-reactive ketones (excluding diaryl/α,β-unsaturated/α-hetero) is 1. The summed E-state index contributed by atoms with van der Waals surface area (Å²) >= 11 is 0. The molecule has 0 radical (unpaired) electrons. The lowest BCUT2D eigenvalue weighted by molar-refractivity contribution is -0.135. The monoisotopic (exact) mass is 318 g/mol. The van der Waals surface area contributed by atoms with Gasteiger partial charge in [0.2, 0.25) is 0 Å². The maximum Gasteiger partial charge on any atom is 0.173 e. The molecule has 23 heavy (non-hydrogen) atoms. The number of alkyl halides is 1. The maximum absolute atomic E-state index is 14.2. The van der Waals surface area contributed by atoms with Crippen molar-refractivity contribution in [1.29, 1.82) is 10.8 Å². The lowest BCUT2D eigenvalue weighted by atomic mass is 9.45. The van der Waals surface area contributed by atoms with E-state index in [4.69, 9.17) is 10.8 Å². The van der Waals surface area contributed by atoms with E-state index in [1.165, 1.54) is 0 Å². The van der Waals surface area contributed by atoms with Crippen molar-refractivity contribution in [2.24, 2.45) is 34.5 Å². The number of halogens is 1. The molecule has 0 saturated heterocycles. The van der Waals surface area contributed by atoms with Crippen LogP contribution in [-0.4, -0.2) is 23.4 Å². The van der Waals surface area contributed by atoms with Crippen molar-refractivity contribution in [3.05, 3.63) is 0 Å². The van der Waals surface area contributed by atoms with Gasteiger partial charge in [-0.15, -0.1) is 0 Å². The highest BCUT2D eigenvalue weighted by molar-refractivity contribution is 5.94. The van der Waals surface area contributed by atoms with Crippen LogP contribution in [-0.2, 0) is 4.79 Å². The molecule has 4 fully saturated rings. The molecule has 0 bridgehead atoms. The molecule has 0 aliphatic heterocycles. The second-order valence-electron chi connectivity index (χ2n) is 9.00. The van der Waals surface area contributed by atoms with Crippen LogP contribution in [0.5, 0.6) is 0 Å². The summed E-state index contributed by atoms with van der Waals surface area (Å²) in [6.45, 7) is 4.28. The topological polar surface area (TPSA) is 64.8 Å². The zero-order valence-corrected chi connectivity index (χ0v) is 14.1. The van der Waals surface area contributed by atoms with Crippen molar-refractivity contribution < 1.29 is 9.18 Å². The number of carbonyl (C=O) groups is 1. The Hall–Kier alpha value is -1.06. The third-order valence-corrected chi connectivity index (χ3v) is 8.07. The van der Waals surface area contributed by atoms with E-state index in [1.54, 1.807) is 0 Å². The van der Waals surface area contributed by atoms with Crippen molar-refractivity contribution in [2.75, 3.05) is 0 Å². The van der Waals surface area contributed by atoms with Gasteiger partial charge in [-0.1, -0.05) is 13.8 Å². The Morgan fingerprint density at radius 2 is 1.87 bits per heavy atom. The third-order valence-electron chi connectivity index (χ3n) is 8.07. The number of hydrogen-bond donors (Lipinski definition) is 2. The Bertz CT molecular complexity index is 602. The molecule has 2 N–H and O–H groups in total. The molecule has 3 nitrogen and oxygen atoms in total. The van der Waals surface area contributed by atoms with Gasteiger partial charge in [0.25, 0.3) is 0 Å². The number of fused-ring (bicyclic) bond motifs is 5. The molecule has 4 aliphatic carbocycles. The highest BCUT2D eigenvalue weighted by Crippen LogP contribution is 2.64. The van der Waals surface area contributed by atoms with Gasteiger partial charge >= 0.3 is 0 Å². The van der Waals surface area contributed by atoms with Gasteiger partial charge in [-0.25, -0.2) is 4.39 Å². The molecule has 0 spiro atoms. The Morgan fingerprint density at radius 3 is 2.61 bits per heavy atom. The number of carbonyl (C=O) groups excluding carboxylic acids is 1. The number of hydrogen-bond acceptors (Lipinski definition) is 3. The van der Waals surface area contributed by atoms with Gasteiger partial charge in [-0.05, 0) is 68.1 Å². The largest absolute Gasteiger partial charge is 0.310 e. The van der Waals surface area contributed by atoms with E-state index in [0.29, 0.717) is 18.3 Å². The summed E-state index contributed by atoms with van der Waals surface area (Å²) < 4.78 is 14.2. The Labute approximate surface area is 137 Å². The molecule has 4 heteroatoms. The van der Waals surface area contributed by atoms with E-state index in [9.17, 15) is 9.18 Å². The fourth-order valence-corrected chi connectivity index (χ4v) is 6.68. The minimum atomic E-state index is -1.29. The predicted molar refractivity (Wildman–Crippen MR) is 87.8 cm³/mol. The SMILES string of the molecule is C[C@]12CCC(=N)CC1C(=N)CC1C2CC[C@]2(C)C(=O)C(F)CC12. The Balaban J connectivity index is 1.71. The van der Waals surface area contributed by atoms with E-state index in [-0.39, 0.29) is 23.0 Å². The van der Waals surface area contributed by atoms with E-state index in [0.717, 1.165) is 49.9 Å². The number of nitrogens with one attached hydrogen (secondary N) is 2. The summed E-state index contributed by atoms with van der Waals surface area (Å²) in [6, 6.07) is 0. The van der Waals surface area contributed by atoms with Gasteiger partial charge in [0.15, 0.2) is 12.0 Å². The molecule has 4 rings (SSSR count). The van der Waals surface area contributed by atoms with Crippen LogP contribution in [0.1, 0.15) is 58.8 Å². The fourth-order valence-electron chi connectivity index (χ4n) is 6.68. The zero-order valence-electron chi connectivity index (χ0n) is 14.1. The summed E-state index contributed by atoms with van der Waals surface area (Å²) in [5, 5.41) is 16.6. The van der Waals surface area contributed by atoms with E-state index in [2.05, 4.69) is 6.92 Å². The van der Waals surface area contributed by atoms with Crippen molar-refractivity contribution in [3.8, 4) is 0 Å². The zero-order chi connectivity index (χ0) is 16.6. The lowest BCUT2D eigenvalue weighted by Crippen LogP contribution is -2.56. The quantitative estimate of drug-likeness (QED) is 0.691. The average Bonchev–Trinajstić information content (AvgIpc) is 2.73. The van der Waals surface area contributed by atoms with Crippen LogP contribution in [0.4, 0.5) is 4.39 Å². The molecular weight excluding hydrogens is 291 g/mol. The van der Waals surface area contributed by atoms with Crippen LogP contribution in [0.3, 0.4) is 0 Å². The molecule has 4 saturated carbocycles. The lowest BCUT2D eigenvalue weighted by Gasteiger charge is -2.59. The summed E-state index contributed by atoms with van der Waals surface area (Å²) in [5.41, 5.74) is 1.13. The average molecular weight is 318 g/mol. The van der Waals surface area contributed by atoms with Crippen molar-refractivity contribution in [1.82, 2.24) is 0 Å². The number of ketones is 1. The highest BCUT2D eigenvalue weighted by atomic mass is 19.1. The second kappa shape index (κ2) is 4.73. The normalized spacial score (nSPS) is 52.8. The summed E-state index contributed by atoms with van der Waals surface area (Å²) in [7, 11) is 0. The molecule has 0 aromatic rings.